The van der Waals surface area contributed by atoms with E-state index in [1.165, 1.54) is 127 Å². The van der Waals surface area contributed by atoms with Crippen molar-refractivity contribution in [3.63, 3.8) is 0 Å². The summed E-state index contributed by atoms with van der Waals surface area (Å²) in [5.74, 6) is 2.04. The Labute approximate surface area is 290 Å². The topological polar surface area (TPSA) is 19.4 Å². The lowest BCUT2D eigenvalue weighted by molar-refractivity contribution is 0.0157. The fraction of sp³-hybridized carbons (Fsp3) is 0.707. The third-order valence-corrected chi connectivity index (χ3v) is 11.3. The Morgan fingerprint density at radius 2 is 1.49 bits per heavy atom. The fourth-order valence-electron chi connectivity index (χ4n) is 7.61. The van der Waals surface area contributed by atoms with E-state index >= 15 is 0 Å². The van der Waals surface area contributed by atoms with Crippen LogP contribution < -0.4 is 4.90 Å². The van der Waals surface area contributed by atoms with E-state index in [0.717, 1.165) is 12.0 Å². The molecular weight excluding hydrogens is 576 g/mol. The van der Waals surface area contributed by atoms with Crippen molar-refractivity contribution < 1.29 is 0 Å². The minimum atomic E-state index is 0.531. The maximum absolute atomic E-state index is 3.96. The standard InChI is InChI=1S/C21H35N3.C20H35N3/c1-4-22-12-14-23(15-13-22)17-19-8-10-24(11-9-19)21-7-5-6-20(16-21)18(2)3;1-7-18(16(3)4)13-19(8-2)23-14-20(15-23)22-11-9-21(10-12-22)17(5)6/h5-7,16,18-19H,4,8-15,17H2,1-3H3;7-8,13,16-17,20H,1,9-12,14-15H2,2-6H3/b;18-13+,19-8+. The van der Waals surface area contributed by atoms with Crippen LogP contribution in [-0.2, 0) is 0 Å². The zero-order chi connectivity index (χ0) is 33.9. The summed E-state index contributed by atoms with van der Waals surface area (Å²) in [5.41, 5.74) is 5.57. The molecule has 0 radical (unpaired) electrons. The van der Waals surface area contributed by atoms with Gasteiger partial charge in [0.25, 0.3) is 0 Å². The Morgan fingerprint density at radius 1 is 0.851 bits per heavy atom. The third kappa shape index (κ3) is 10.9. The van der Waals surface area contributed by atoms with Crippen molar-refractivity contribution >= 4 is 5.69 Å². The van der Waals surface area contributed by atoms with E-state index in [1.807, 2.05) is 6.08 Å². The number of benzene rings is 1. The lowest BCUT2D eigenvalue weighted by Gasteiger charge is -2.50. The molecule has 47 heavy (non-hydrogen) atoms. The van der Waals surface area contributed by atoms with Gasteiger partial charge in [0.2, 0.25) is 0 Å². The van der Waals surface area contributed by atoms with Gasteiger partial charge in [0.1, 0.15) is 0 Å². The van der Waals surface area contributed by atoms with Crippen LogP contribution in [0.4, 0.5) is 5.69 Å². The molecule has 0 N–H and O–H groups in total. The smallest absolute Gasteiger partial charge is 0.0447 e. The van der Waals surface area contributed by atoms with Crippen LogP contribution in [0.1, 0.15) is 79.7 Å². The van der Waals surface area contributed by atoms with Gasteiger partial charge in [-0.2, -0.15) is 0 Å². The van der Waals surface area contributed by atoms with E-state index < -0.39 is 0 Å². The summed E-state index contributed by atoms with van der Waals surface area (Å²) in [6.45, 7) is 39.3. The van der Waals surface area contributed by atoms with Crippen molar-refractivity contribution in [2.75, 3.05) is 96.5 Å². The second kappa shape index (κ2) is 18.6. The predicted octanol–water partition coefficient (Wildman–Crippen LogP) is 7.03. The largest absolute Gasteiger partial charge is 0.372 e. The van der Waals surface area contributed by atoms with Crippen molar-refractivity contribution in [2.45, 2.75) is 86.2 Å². The van der Waals surface area contributed by atoms with Crippen LogP contribution in [0.3, 0.4) is 0 Å². The van der Waals surface area contributed by atoms with Crippen molar-refractivity contribution in [3.8, 4) is 0 Å². The van der Waals surface area contributed by atoms with Gasteiger partial charge in [-0.25, -0.2) is 0 Å². The van der Waals surface area contributed by atoms with E-state index in [-0.39, 0.29) is 0 Å². The van der Waals surface area contributed by atoms with E-state index in [9.17, 15) is 0 Å². The maximum atomic E-state index is 3.96. The van der Waals surface area contributed by atoms with E-state index in [0.29, 0.717) is 17.9 Å². The quantitative estimate of drug-likeness (QED) is 0.239. The first kappa shape index (κ1) is 37.7. The third-order valence-electron chi connectivity index (χ3n) is 11.3. The highest BCUT2D eigenvalue weighted by atomic mass is 15.4. The van der Waals surface area contributed by atoms with Crippen molar-refractivity contribution in [3.05, 3.63) is 65.9 Å². The first-order chi connectivity index (χ1) is 22.6. The maximum Gasteiger partial charge on any atom is 0.0447 e. The molecule has 0 saturated carbocycles. The van der Waals surface area contributed by atoms with Gasteiger partial charge in [0, 0.05) is 109 Å². The molecule has 0 amide bonds. The second-order valence-corrected chi connectivity index (χ2v) is 15.4. The van der Waals surface area contributed by atoms with Gasteiger partial charge in [-0.15, -0.1) is 0 Å². The first-order valence-electron chi connectivity index (χ1n) is 19.1. The van der Waals surface area contributed by atoms with Gasteiger partial charge >= 0.3 is 0 Å². The molecule has 1 aromatic carbocycles. The Kier molecular flexibility index (Phi) is 14.9. The van der Waals surface area contributed by atoms with Gasteiger partial charge < -0.3 is 19.6 Å². The normalized spacial score (nSPS) is 22.2. The van der Waals surface area contributed by atoms with E-state index in [2.05, 4.69) is 128 Å². The minimum Gasteiger partial charge on any atom is -0.372 e. The molecule has 4 aliphatic heterocycles. The van der Waals surface area contributed by atoms with Crippen LogP contribution in [0.5, 0.6) is 0 Å². The minimum absolute atomic E-state index is 0.531. The number of hydrogen-bond acceptors (Lipinski definition) is 6. The highest BCUT2D eigenvalue weighted by molar-refractivity contribution is 5.49. The second-order valence-electron chi connectivity index (χ2n) is 15.4. The first-order valence-corrected chi connectivity index (χ1v) is 19.1. The van der Waals surface area contributed by atoms with Crippen LogP contribution in [0, 0.1) is 11.8 Å². The number of piperidine rings is 1. The summed E-state index contributed by atoms with van der Waals surface area (Å²) < 4.78 is 0. The number of likely N-dealkylation sites (tertiary alicyclic amines) is 1. The Hall–Kier alpha value is -2.12. The van der Waals surface area contributed by atoms with Crippen LogP contribution in [0.25, 0.3) is 0 Å². The van der Waals surface area contributed by atoms with Crippen molar-refractivity contribution in [1.29, 1.82) is 0 Å². The zero-order valence-corrected chi connectivity index (χ0v) is 31.6. The van der Waals surface area contributed by atoms with Gasteiger partial charge in [0.15, 0.2) is 0 Å². The summed E-state index contributed by atoms with van der Waals surface area (Å²) >= 11 is 0. The lowest BCUT2D eigenvalue weighted by atomic mass is 9.95. The molecule has 0 aromatic heterocycles. The van der Waals surface area contributed by atoms with Gasteiger partial charge in [0.05, 0.1) is 0 Å². The number of rotatable bonds is 11. The summed E-state index contributed by atoms with van der Waals surface area (Å²) in [5, 5.41) is 0. The Bertz CT molecular complexity index is 1120. The SMILES string of the molecule is C=C/C(=C\C(=C/C)N1CC(N2CCN(C(C)C)CC2)C1)C(C)C.CCN1CCN(CC2CCN(c3cccc(C(C)C)c3)CC2)CC1. The number of likely N-dealkylation sites (N-methyl/N-ethyl adjacent to an activating group) is 1. The monoisotopic (exact) mass is 647 g/mol. The Balaban J connectivity index is 0.000000213. The molecule has 5 rings (SSSR count). The molecule has 0 unspecified atom stereocenters. The Morgan fingerprint density at radius 3 is 2.02 bits per heavy atom. The van der Waals surface area contributed by atoms with Gasteiger partial charge in [-0.1, -0.05) is 65.5 Å². The van der Waals surface area contributed by atoms with E-state index in [1.54, 1.807) is 0 Å². The molecule has 4 fully saturated rings. The molecule has 0 aliphatic carbocycles. The average molecular weight is 647 g/mol. The molecule has 0 spiro atoms. The molecule has 4 aliphatic rings. The molecule has 6 nitrogen and oxygen atoms in total. The highest BCUT2D eigenvalue weighted by Crippen LogP contribution is 2.27. The van der Waals surface area contributed by atoms with Crippen molar-refractivity contribution in [2.24, 2.45) is 11.8 Å². The van der Waals surface area contributed by atoms with Gasteiger partial charge in [-0.3, -0.25) is 9.80 Å². The molecule has 6 heteroatoms. The number of piperazine rings is 2. The number of nitrogens with zero attached hydrogens (tertiary/aromatic N) is 6. The lowest BCUT2D eigenvalue weighted by Crippen LogP contribution is -2.62. The van der Waals surface area contributed by atoms with E-state index in [4.69, 9.17) is 0 Å². The molecule has 1 aromatic rings. The van der Waals surface area contributed by atoms with Gasteiger partial charge in [-0.05, 0) is 87.3 Å². The molecule has 0 atom stereocenters. The van der Waals surface area contributed by atoms with Crippen LogP contribution in [0.15, 0.2) is 60.3 Å². The molecule has 4 heterocycles. The number of anilines is 1. The van der Waals surface area contributed by atoms with Crippen LogP contribution >= 0.6 is 0 Å². The number of allylic oxidation sites excluding steroid dienone is 4. The summed E-state index contributed by atoms with van der Waals surface area (Å²) in [4.78, 5) is 15.6. The molecule has 0 bridgehead atoms. The van der Waals surface area contributed by atoms with Crippen LogP contribution in [-0.4, -0.2) is 128 Å². The molecular formula is C41H70N6. The fourth-order valence-corrected chi connectivity index (χ4v) is 7.61. The summed E-state index contributed by atoms with van der Waals surface area (Å²) in [6, 6.07) is 10.6. The highest BCUT2D eigenvalue weighted by Gasteiger charge is 2.34. The summed E-state index contributed by atoms with van der Waals surface area (Å²) in [7, 11) is 0. The summed E-state index contributed by atoms with van der Waals surface area (Å²) in [6.07, 6.45) is 9.24. The molecule has 264 valence electrons. The predicted molar refractivity (Wildman–Crippen MR) is 205 cm³/mol. The van der Waals surface area contributed by atoms with Crippen molar-refractivity contribution in [1.82, 2.24) is 24.5 Å². The average Bonchev–Trinajstić information content (AvgIpc) is 3.06. The zero-order valence-electron chi connectivity index (χ0n) is 31.6. The number of hydrogen-bond donors (Lipinski definition) is 0. The van der Waals surface area contributed by atoms with Crippen LogP contribution in [0.2, 0.25) is 0 Å². The molecule has 4 saturated heterocycles.